The minimum atomic E-state index is 0.629. The van der Waals surface area contributed by atoms with E-state index in [1.807, 2.05) is 0 Å². The number of halogens is 1. The van der Waals surface area contributed by atoms with Crippen molar-refractivity contribution >= 4 is 17.3 Å². The SMILES string of the molecule is CC(C)N1CCN(c2ccc(CCN)cc2Cl)CC1. The maximum absolute atomic E-state index is 6.40. The second-order valence-electron chi connectivity index (χ2n) is 5.44. The summed E-state index contributed by atoms with van der Waals surface area (Å²) >= 11 is 6.40. The molecular weight excluding hydrogens is 258 g/mol. The molecule has 2 N–H and O–H groups in total. The fraction of sp³-hybridized carbons (Fsp3) is 0.600. The van der Waals surface area contributed by atoms with Gasteiger partial charge in [-0.2, -0.15) is 0 Å². The summed E-state index contributed by atoms with van der Waals surface area (Å²) in [5.41, 5.74) is 7.95. The average Bonchev–Trinajstić information content (AvgIpc) is 2.39. The molecule has 0 radical (unpaired) electrons. The first kappa shape index (κ1) is 14.6. The third-order valence-electron chi connectivity index (χ3n) is 3.83. The molecular formula is C15H24ClN3. The number of nitrogens with two attached hydrogens (primary N) is 1. The van der Waals surface area contributed by atoms with Gasteiger partial charge in [-0.15, -0.1) is 0 Å². The van der Waals surface area contributed by atoms with Crippen LogP contribution >= 0.6 is 11.6 Å². The lowest BCUT2D eigenvalue weighted by molar-refractivity contribution is 0.209. The van der Waals surface area contributed by atoms with Gasteiger partial charge in [0.05, 0.1) is 10.7 Å². The molecule has 4 heteroatoms. The van der Waals surface area contributed by atoms with Gasteiger partial charge in [0, 0.05) is 32.2 Å². The van der Waals surface area contributed by atoms with Crippen molar-refractivity contribution in [3.05, 3.63) is 28.8 Å². The van der Waals surface area contributed by atoms with E-state index in [4.69, 9.17) is 17.3 Å². The summed E-state index contributed by atoms with van der Waals surface area (Å²) in [5, 5.41) is 0.851. The highest BCUT2D eigenvalue weighted by Crippen LogP contribution is 2.28. The van der Waals surface area contributed by atoms with Crippen molar-refractivity contribution in [1.29, 1.82) is 0 Å². The van der Waals surface area contributed by atoms with Crippen LogP contribution < -0.4 is 10.6 Å². The van der Waals surface area contributed by atoms with Gasteiger partial charge in [0.25, 0.3) is 0 Å². The molecule has 0 spiro atoms. The molecule has 3 nitrogen and oxygen atoms in total. The Bertz CT molecular complexity index is 412. The van der Waals surface area contributed by atoms with Crippen LogP contribution in [0.2, 0.25) is 5.02 Å². The summed E-state index contributed by atoms with van der Waals surface area (Å²) in [5.74, 6) is 0. The summed E-state index contributed by atoms with van der Waals surface area (Å²) < 4.78 is 0. The first-order chi connectivity index (χ1) is 9.11. The van der Waals surface area contributed by atoms with E-state index in [9.17, 15) is 0 Å². The molecule has 0 saturated carbocycles. The second kappa shape index (κ2) is 6.60. The molecule has 1 aromatic carbocycles. The Hall–Kier alpha value is -0.770. The van der Waals surface area contributed by atoms with Crippen molar-refractivity contribution in [2.24, 2.45) is 5.73 Å². The van der Waals surface area contributed by atoms with Gasteiger partial charge >= 0.3 is 0 Å². The van der Waals surface area contributed by atoms with Crippen molar-refractivity contribution < 1.29 is 0 Å². The molecule has 0 aliphatic carbocycles. The van der Waals surface area contributed by atoms with E-state index in [-0.39, 0.29) is 0 Å². The van der Waals surface area contributed by atoms with Crippen molar-refractivity contribution in [3.63, 3.8) is 0 Å². The fourth-order valence-corrected chi connectivity index (χ4v) is 2.93. The van der Waals surface area contributed by atoms with Crippen LogP contribution in [0, 0.1) is 0 Å². The summed E-state index contributed by atoms with van der Waals surface area (Å²) in [7, 11) is 0. The number of rotatable bonds is 4. The Labute approximate surface area is 121 Å². The van der Waals surface area contributed by atoms with Crippen molar-refractivity contribution in [2.75, 3.05) is 37.6 Å². The van der Waals surface area contributed by atoms with E-state index in [1.54, 1.807) is 0 Å². The van der Waals surface area contributed by atoms with Crippen molar-refractivity contribution in [2.45, 2.75) is 26.3 Å². The van der Waals surface area contributed by atoms with Gasteiger partial charge < -0.3 is 10.6 Å². The molecule has 19 heavy (non-hydrogen) atoms. The Kier molecular flexibility index (Phi) is 5.08. The van der Waals surface area contributed by atoms with Crippen LogP contribution in [0.4, 0.5) is 5.69 Å². The zero-order chi connectivity index (χ0) is 13.8. The number of nitrogens with zero attached hydrogens (tertiary/aromatic N) is 2. The normalized spacial score (nSPS) is 17.2. The Morgan fingerprint density at radius 2 is 1.89 bits per heavy atom. The van der Waals surface area contributed by atoms with Crippen LogP contribution in [0.1, 0.15) is 19.4 Å². The van der Waals surface area contributed by atoms with E-state index >= 15 is 0 Å². The maximum atomic E-state index is 6.40. The van der Waals surface area contributed by atoms with Gasteiger partial charge in [0.1, 0.15) is 0 Å². The van der Waals surface area contributed by atoms with Gasteiger partial charge in [-0.05, 0) is 44.5 Å². The number of hydrogen-bond acceptors (Lipinski definition) is 3. The smallest absolute Gasteiger partial charge is 0.0642 e. The molecule has 0 atom stereocenters. The van der Waals surface area contributed by atoms with Gasteiger partial charge in [-0.3, -0.25) is 4.90 Å². The molecule has 1 saturated heterocycles. The first-order valence-corrected chi connectivity index (χ1v) is 7.47. The lowest BCUT2D eigenvalue weighted by Gasteiger charge is -2.38. The van der Waals surface area contributed by atoms with Gasteiger partial charge in [-0.25, -0.2) is 0 Å². The van der Waals surface area contributed by atoms with E-state index < -0.39 is 0 Å². The highest BCUT2D eigenvalue weighted by Gasteiger charge is 2.20. The van der Waals surface area contributed by atoms with Gasteiger partial charge in [0.15, 0.2) is 0 Å². The Morgan fingerprint density at radius 3 is 2.42 bits per heavy atom. The molecule has 0 amide bonds. The van der Waals surface area contributed by atoms with Crippen LogP contribution in [0.25, 0.3) is 0 Å². The Balaban J connectivity index is 2.03. The fourth-order valence-electron chi connectivity index (χ4n) is 2.61. The summed E-state index contributed by atoms with van der Waals surface area (Å²) in [4.78, 5) is 4.89. The lowest BCUT2D eigenvalue weighted by Crippen LogP contribution is -2.49. The molecule has 2 rings (SSSR count). The minimum Gasteiger partial charge on any atom is -0.368 e. The number of benzene rings is 1. The number of piperazine rings is 1. The zero-order valence-electron chi connectivity index (χ0n) is 11.9. The molecule has 0 aromatic heterocycles. The zero-order valence-corrected chi connectivity index (χ0v) is 12.7. The van der Waals surface area contributed by atoms with E-state index in [1.165, 1.54) is 5.56 Å². The van der Waals surface area contributed by atoms with Crippen molar-refractivity contribution in [1.82, 2.24) is 4.90 Å². The maximum Gasteiger partial charge on any atom is 0.0642 e. The van der Waals surface area contributed by atoms with Crippen LogP contribution in [0.15, 0.2) is 18.2 Å². The van der Waals surface area contributed by atoms with Gasteiger partial charge in [-0.1, -0.05) is 17.7 Å². The standard InChI is InChI=1S/C15H24ClN3/c1-12(2)18-7-9-19(10-8-18)15-4-3-13(5-6-17)11-14(15)16/h3-4,11-12H,5-10,17H2,1-2H3. The summed E-state index contributed by atoms with van der Waals surface area (Å²) in [6.07, 6.45) is 0.890. The van der Waals surface area contributed by atoms with E-state index in [0.717, 1.165) is 43.3 Å². The lowest BCUT2D eigenvalue weighted by atomic mass is 10.1. The predicted octanol–water partition coefficient (Wildman–Crippen LogP) is 2.37. The quantitative estimate of drug-likeness (QED) is 0.920. The minimum absolute atomic E-state index is 0.629. The molecule has 0 unspecified atom stereocenters. The molecule has 1 aliphatic rings. The monoisotopic (exact) mass is 281 g/mol. The van der Waals surface area contributed by atoms with E-state index in [0.29, 0.717) is 12.6 Å². The molecule has 1 aliphatic heterocycles. The average molecular weight is 282 g/mol. The van der Waals surface area contributed by atoms with Crippen LogP contribution in [-0.4, -0.2) is 43.7 Å². The molecule has 1 fully saturated rings. The highest BCUT2D eigenvalue weighted by molar-refractivity contribution is 6.33. The summed E-state index contributed by atoms with van der Waals surface area (Å²) in [6.45, 7) is 9.50. The van der Waals surface area contributed by atoms with Crippen LogP contribution in [-0.2, 0) is 6.42 Å². The molecule has 106 valence electrons. The van der Waals surface area contributed by atoms with Crippen molar-refractivity contribution in [3.8, 4) is 0 Å². The topological polar surface area (TPSA) is 32.5 Å². The summed E-state index contributed by atoms with van der Waals surface area (Å²) in [6, 6.07) is 6.96. The van der Waals surface area contributed by atoms with Gasteiger partial charge in [0.2, 0.25) is 0 Å². The largest absolute Gasteiger partial charge is 0.368 e. The van der Waals surface area contributed by atoms with Crippen LogP contribution in [0.3, 0.4) is 0 Å². The first-order valence-electron chi connectivity index (χ1n) is 7.09. The van der Waals surface area contributed by atoms with E-state index in [2.05, 4.69) is 41.8 Å². The van der Waals surface area contributed by atoms with Crippen LogP contribution in [0.5, 0.6) is 0 Å². The molecule has 1 aromatic rings. The third kappa shape index (κ3) is 3.62. The Morgan fingerprint density at radius 1 is 1.21 bits per heavy atom. The highest BCUT2D eigenvalue weighted by atomic mass is 35.5. The second-order valence-corrected chi connectivity index (χ2v) is 5.85. The third-order valence-corrected chi connectivity index (χ3v) is 4.13. The molecule has 1 heterocycles. The number of anilines is 1. The molecule has 0 bridgehead atoms. The predicted molar refractivity (Wildman–Crippen MR) is 83.1 cm³/mol. The number of hydrogen-bond donors (Lipinski definition) is 1.